The largest absolute Gasteiger partial charge is 0.478 e. The monoisotopic (exact) mass is 256 g/mol. The number of carboxylic acid groups (broad SMARTS) is 1. The molecule has 1 atom stereocenters. The van der Waals surface area contributed by atoms with Crippen LogP contribution in [0.15, 0.2) is 22.7 Å². The molecule has 76 valence electrons. The minimum absolute atomic E-state index is 0.323. The smallest absolute Gasteiger partial charge is 0.335 e. The third-order valence-corrected chi connectivity index (χ3v) is 3.08. The molecule has 0 aliphatic rings. The molecule has 0 fully saturated rings. The molecule has 3 heteroatoms. The van der Waals surface area contributed by atoms with E-state index in [1.807, 2.05) is 6.07 Å². The lowest BCUT2D eigenvalue weighted by Gasteiger charge is -2.11. The van der Waals surface area contributed by atoms with Crippen LogP contribution in [0.1, 0.15) is 42.1 Å². The SMILES string of the molecule is CCC(C)c1ccc(C(=O)O)cc1Br. The predicted octanol–water partition coefficient (Wildman–Crippen LogP) is 3.66. The van der Waals surface area contributed by atoms with Crippen molar-refractivity contribution in [3.05, 3.63) is 33.8 Å². The van der Waals surface area contributed by atoms with Crippen molar-refractivity contribution in [3.8, 4) is 0 Å². The summed E-state index contributed by atoms with van der Waals surface area (Å²) in [4.78, 5) is 10.7. The molecule has 0 aliphatic heterocycles. The van der Waals surface area contributed by atoms with E-state index in [0.717, 1.165) is 16.5 Å². The highest BCUT2D eigenvalue weighted by atomic mass is 79.9. The van der Waals surface area contributed by atoms with Crippen LogP contribution >= 0.6 is 15.9 Å². The molecule has 0 saturated heterocycles. The van der Waals surface area contributed by atoms with E-state index in [2.05, 4.69) is 29.8 Å². The van der Waals surface area contributed by atoms with Gasteiger partial charge in [0.2, 0.25) is 0 Å². The lowest BCUT2D eigenvalue weighted by atomic mass is 9.98. The molecule has 0 bridgehead atoms. The summed E-state index contributed by atoms with van der Waals surface area (Å²) >= 11 is 3.39. The highest BCUT2D eigenvalue weighted by Crippen LogP contribution is 2.27. The fraction of sp³-hybridized carbons (Fsp3) is 0.364. The third kappa shape index (κ3) is 2.35. The molecule has 0 saturated carbocycles. The maximum absolute atomic E-state index is 10.7. The van der Waals surface area contributed by atoms with Crippen molar-refractivity contribution in [1.29, 1.82) is 0 Å². The van der Waals surface area contributed by atoms with Crippen LogP contribution in [-0.4, -0.2) is 11.1 Å². The first-order valence-electron chi connectivity index (χ1n) is 4.59. The van der Waals surface area contributed by atoms with Crippen LogP contribution in [0.5, 0.6) is 0 Å². The number of aromatic carboxylic acids is 1. The Hall–Kier alpha value is -0.830. The van der Waals surface area contributed by atoms with Gasteiger partial charge in [0, 0.05) is 4.47 Å². The number of carbonyl (C=O) groups is 1. The number of hydrogen-bond acceptors (Lipinski definition) is 1. The van der Waals surface area contributed by atoms with E-state index in [9.17, 15) is 4.79 Å². The molecular weight excluding hydrogens is 244 g/mol. The summed E-state index contributed by atoms with van der Waals surface area (Å²) in [6, 6.07) is 5.18. The average Bonchev–Trinajstić information content (AvgIpc) is 2.16. The van der Waals surface area contributed by atoms with E-state index >= 15 is 0 Å². The summed E-state index contributed by atoms with van der Waals surface area (Å²) in [6.07, 6.45) is 1.05. The zero-order valence-electron chi connectivity index (χ0n) is 8.25. The summed E-state index contributed by atoms with van der Waals surface area (Å²) in [6.45, 7) is 4.24. The molecule has 14 heavy (non-hydrogen) atoms. The van der Waals surface area contributed by atoms with Crippen molar-refractivity contribution in [1.82, 2.24) is 0 Å². The van der Waals surface area contributed by atoms with Gasteiger partial charge in [-0.15, -0.1) is 0 Å². The first-order valence-corrected chi connectivity index (χ1v) is 5.38. The molecule has 1 rings (SSSR count). The molecule has 0 amide bonds. The van der Waals surface area contributed by atoms with Gasteiger partial charge in [0.25, 0.3) is 0 Å². The summed E-state index contributed by atoms with van der Waals surface area (Å²) in [7, 11) is 0. The standard InChI is InChI=1S/C11H13BrO2/c1-3-7(2)9-5-4-8(11(13)14)6-10(9)12/h4-7H,3H2,1-2H3,(H,13,14). The molecule has 0 heterocycles. The maximum Gasteiger partial charge on any atom is 0.335 e. The maximum atomic E-state index is 10.7. The molecule has 0 aliphatic carbocycles. The summed E-state index contributed by atoms with van der Waals surface area (Å²) in [5.41, 5.74) is 1.49. The Kier molecular flexibility index (Phi) is 3.69. The number of rotatable bonds is 3. The third-order valence-electron chi connectivity index (χ3n) is 2.39. The second-order valence-electron chi connectivity index (χ2n) is 3.35. The van der Waals surface area contributed by atoms with Crippen molar-refractivity contribution in [2.24, 2.45) is 0 Å². The normalized spacial score (nSPS) is 12.5. The van der Waals surface area contributed by atoms with Crippen molar-refractivity contribution in [3.63, 3.8) is 0 Å². The van der Waals surface area contributed by atoms with Gasteiger partial charge in [0.05, 0.1) is 5.56 Å². The van der Waals surface area contributed by atoms with Crippen LogP contribution in [-0.2, 0) is 0 Å². The first kappa shape index (κ1) is 11.2. The topological polar surface area (TPSA) is 37.3 Å². The fourth-order valence-corrected chi connectivity index (χ4v) is 2.05. The van der Waals surface area contributed by atoms with E-state index in [4.69, 9.17) is 5.11 Å². The summed E-state index contributed by atoms with van der Waals surface area (Å²) in [5.74, 6) is -0.436. The minimum atomic E-state index is -0.888. The van der Waals surface area contributed by atoms with Gasteiger partial charge < -0.3 is 5.11 Å². The lowest BCUT2D eigenvalue weighted by molar-refractivity contribution is 0.0697. The van der Waals surface area contributed by atoms with Crippen molar-refractivity contribution >= 4 is 21.9 Å². The molecule has 1 unspecified atom stereocenters. The van der Waals surface area contributed by atoms with Crippen molar-refractivity contribution < 1.29 is 9.90 Å². The van der Waals surface area contributed by atoms with E-state index in [1.165, 1.54) is 0 Å². The second-order valence-corrected chi connectivity index (χ2v) is 4.21. The van der Waals surface area contributed by atoms with Crippen molar-refractivity contribution in [2.75, 3.05) is 0 Å². The molecule has 2 nitrogen and oxygen atoms in total. The van der Waals surface area contributed by atoms with Crippen LogP contribution in [0.4, 0.5) is 0 Å². The Morgan fingerprint density at radius 1 is 1.57 bits per heavy atom. The van der Waals surface area contributed by atoms with Crippen LogP contribution < -0.4 is 0 Å². The number of benzene rings is 1. The summed E-state index contributed by atoms with van der Waals surface area (Å²) in [5, 5.41) is 8.78. The lowest BCUT2D eigenvalue weighted by Crippen LogP contribution is -1.99. The molecule has 1 N–H and O–H groups in total. The van der Waals surface area contributed by atoms with Gasteiger partial charge >= 0.3 is 5.97 Å². The molecule has 0 spiro atoms. The van der Waals surface area contributed by atoms with Crippen LogP contribution in [0.25, 0.3) is 0 Å². The molecule has 1 aromatic carbocycles. The minimum Gasteiger partial charge on any atom is -0.478 e. The fourth-order valence-electron chi connectivity index (χ4n) is 1.28. The number of hydrogen-bond donors (Lipinski definition) is 1. The van der Waals surface area contributed by atoms with E-state index < -0.39 is 5.97 Å². The summed E-state index contributed by atoms with van der Waals surface area (Å²) < 4.78 is 0.881. The zero-order valence-corrected chi connectivity index (χ0v) is 9.84. The van der Waals surface area contributed by atoms with Gasteiger partial charge in [0.1, 0.15) is 0 Å². The van der Waals surface area contributed by atoms with Gasteiger partial charge in [-0.1, -0.05) is 35.8 Å². The van der Waals surface area contributed by atoms with Gasteiger partial charge in [0.15, 0.2) is 0 Å². The Bertz CT molecular complexity index is 347. The first-order chi connectivity index (χ1) is 6.56. The van der Waals surface area contributed by atoms with Gasteiger partial charge in [-0.05, 0) is 30.0 Å². The van der Waals surface area contributed by atoms with Crippen LogP contribution in [0.2, 0.25) is 0 Å². The van der Waals surface area contributed by atoms with Crippen LogP contribution in [0.3, 0.4) is 0 Å². The molecule has 0 aromatic heterocycles. The number of halogens is 1. The van der Waals surface area contributed by atoms with Gasteiger partial charge in [-0.3, -0.25) is 0 Å². The van der Waals surface area contributed by atoms with E-state index in [1.54, 1.807) is 12.1 Å². The highest BCUT2D eigenvalue weighted by molar-refractivity contribution is 9.10. The van der Waals surface area contributed by atoms with Crippen LogP contribution in [0, 0.1) is 0 Å². The van der Waals surface area contributed by atoms with Crippen molar-refractivity contribution in [2.45, 2.75) is 26.2 Å². The average molecular weight is 257 g/mol. The Balaban J connectivity index is 3.07. The van der Waals surface area contributed by atoms with Gasteiger partial charge in [-0.25, -0.2) is 4.79 Å². The molecule has 1 aromatic rings. The Morgan fingerprint density at radius 3 is 2.64 bits per heavy atom. The Labute approximate surface area is 92.1 Å². The molecule has 0 radical (unpaired) electrons. The molecular formula is C11H13BrO2. The van der Waals surface area contributed by atoms with E-state index in [-0.39, 0.29) is 0 Å². The highest BCUT2D eigenvalue weighted by Gasteiger charge is 2.10. The number of carboxylic acids is 1. The second kappa shape index (κ2) is 4.60. The quantitative estimate of drug-likeness (QED) is 0.897. The zero-order chi connectivity index (χ0) is 10.7. The van der Waals surface area contributed by atoms with E-state index in [0.29, 0.717) is 11.5 Å². The van der Waals surface area contributed by atoms with Gasteiger partial charge in [-0.2, -0.15) is 0 Å². The Morgan fingerprint density at radius 2 is 2.21 bits per heavy atom. The predicted molar refractivity (Wildman–Crippen MR) is 59.8 cm³/mol.